The van der Waals surface area contributed by atoms with Crippen LogP contribution in [0.2, 0.25) is 0 Å². The maximum absolute atomic E-state index is 11.2. The minimum absolute atomic E-state index is 0.257. The molecule has 0 aliphatic carbocycles. The summed E-state index contributed by atoms with van der Waals surface area (Å²) in [5, 5.41) is 12.8. The van der Waals surface area contributed by atoms with Gasteiger partial charge in [-0.2, -0.15) is 0 Å². The van der Waals surface area contributed by atoms with E-state index in [2.05, 4.69) is 5.32 Å². The zero-order valence-corrected chi connectivity index (χ0v) is 12.4. The number of aliphatic hydroxyl groups is 1. The first-order chi connectivity index (χ1) is 9.11. The molecule has 2 N–H and O–H groups in total. The van der Waals surface area contributed by atoms with Gasteiger partial charge in [0.2, 0.25) is 0 Å². The summed E-state index contributed by atoms with van der Waals surface area (Å²) < 4.78 is 16.7. The average Bonchev–Trinajstić information content (AvgIpc) is 2.41. The van der Waals surface area contributed by atoms with Gasteiger partial charge in [0, 0.05) is 35.4 Å². The molecule has 0 fully saturated rings. The largest absolute Gasteiger partial charge is 0.491 e. The standard InChI is InChI=1S/C14H23NO3S/c1-3-19(17)8-7-15-10-13(16)11-18-14-6-4-5-12(2)9-14/h4-6,9,13,15-16H,3,7-8,10-11H2,1-2H3. The second-order valence-electron chi connectivity index (χ2n) is 4.42. The van der Waals surface area contributed by atoms with Crippen molar-refractivity contribution in [2.24, 2.45) is 0 Å². The molecule has 0 saturated heterocycles. The smallest absolute Gasteiger partial charge is 0.119 e. The van der Waals surface area contributed by atoms with Crippen LogP contribution in [0, 0.1) is 6.92 Å². The van der Waals surface area contributed by atoms with Crippen molar-refractivity contribution < 1.29 is 14.1 Å². The monoisotopic (exact) mass is 285 g/mol. The van der Waals surface area contributed by atoms with Crippen LogP contribution >= 0.6 is 0 Å². The van der Waals surface area contributed by atoms with E-state index in [1.54, 1.807) is 0 Å². The van der Waals surface area contributed by atoms with Crippen LogP contribution in [0.4, 0.5) is 0 Å². The lowest BCUT2D eigenvalue weighted by Crippen LogP contribution is -2.33. The molecule has 1 rings (SSSR count). The molecule has 1 aromatic carbocycles. The van der Waals surface area contributed by atoms with Crippen molar-refractivity contribution in [2.75, 3.05) is 31.2 Å². The first kappa shape index (κ1) is 16.1. The molecule has 0 aromatic heterocycles. The van der Waals surface area contributed by atoms with Crippen molar-refractivity contribution in [3.05, 3.63) is 29.8 Å². The maximum Gasteiger partial charge on any atom is 0.119 e. The van der Waals surface area contributed by atoms with Crippen molar-refractivity contribution in [3.8, 4) is 5.75 Å². The Morgan fingerprint density at radius 1 is 1.47 bits per heavy atom. The van der Waals surface area contributed by atoms with E-state index in [1.807, 2.05) is 38.1 Å². The van der Waals surface area contributed by atoms with E-state index in [4.69, 9.17) is 4.74 Å². The Balaban J connectivity index is 2.14. The lowest BCUT2D eigenvalue weighted by Gasteiger charge is -2.13. The molecule has 19 heavy (non-hydrogen) atoms. The first-order valence-electron chi connectivity index (χ1n) is 6.55. The molecule has 0 amide bonds. The van der Waals surface area contributed by atoms with Crippen LogP contribution in [0.5, 0.6) is 5.75 Å². The van der Waals surface area contributed by atoms with Gasteiger partial charge in [-0.05, 0) is 24.6 Å². The van der Waals surface area contributed by atoms with Crippen molar-refractivity contribution in [1.82, 2.24) is 5.32 Å². The number of hydrogen-bond acceptors (Lipinski definition) is 4. The minimum atomic E-state index is -0.753. The van der Waals surface area contributed by atoms with E-state index in [9.17, 15) is 9.32 Å². The normalized spacial score (nSPS) is 14.1. The van der Waals surface area contributed by atoms with Gasteiger partial charge < -0.3 is 15.2 Å². The fraction of sp³-hybridized carbons (Fsp3) is 0.571. The number of rotatable bonds is 9. The van der Waals surface area contributed by atoms with Gasteiger partial charge in [-0.3, -0.25) is 4.21 Å². The molecule has 108 valence electrons. The average molecular weight is 285 g/mol. The summed E-state index contributed by atoms with van der Waals surface area (Å²) in [6, 6.07) is 7.73. The minimum Gasteiger partial charge on any atom is -0.491 e. The fourth-order valence-corrected chi connectivity index (χ4v) is 2.22. The van der Waals surface area contributed by atoms with Crippen molar-refractivity contribution in [2.45, 2.75) is 20.0 Å². The van der Waals surface area contributed by atoms with Crippen LogP contribution in [-0.2, 0) is 10.8 Å². The number of nitrogens with one attached hydrogen (secondary N) is 1. The fourth-order valence-electron chi connectivity index (χ4n) is 1.56. The summed E-state index contributed by atoms with van der Waals surface area (Å²) in [6.45, 7) is 5.27. The second kappa shape index (κ2) is 9.07. The topological polar surface area (TPSA) is 58.6 Å². The second-order valence-corrected chi connectivity index (χ2v) is 6.28. The van der Waals surface area contributed by atoms with Crippen LogP contribution in [0.15, 0.2) is 24.3 Å². The number of aliphatic hydroxyl groups excluding tert-OH is 1. The molecule has 0 aliphatic rings. The quantitative estimate of drug-likeness (QED) is 0.667. The molecule has 2 atom stereocenters. The lowest BCUT2D eigenvalue weighted by atomic mass is 10.2. The summed E-state index contributed by atoms with van der Waals surface area (Å²) in [6.07, 6.45) is -0.560. The molecule has 1 aromatic rings. The first-order valence-corrected chi connectivity index (χ1v) is 8.04. The molecule has 0 aliphatic heterocycles. The molecule has 2 unspecified atom stereocenters. The number of aryl methyl sites for hydroxylation is 1. The van der Waals surface area contributed by atoms with Gasteiger partial charge in [0.15, 0.2) is 0 Å². The molecule has 5 heteroatoms. The van der Waals surface area contributed by atoms with Gasteiger partial charge >= 0.3 is 0 Å². The number of ether oxygens (including phenoxy) is 1. The van der Waals surface area contributed by atoms with Crippen LogP contribution in [0.1, 0.15) is 12.5 Å². The van der Waals surface area contributed by atoms with E-state index in [0.29, 0.717) is 24.6 Å². The summed E-state index contributed by atoms with van der Waals surface area (Å²) in [5.41, 5.74) is 1.13. The Labute approximate surface area is 117 Å². The predicted molar refractivity (Wildman–Crippen MR) is 79.1 cm³/mol. The van der Waals surface area contributed by atoms with Crippen LogP contribution in [-0.4, -0.2) is 46.6 Å². The molecular weight excluding hydrogens is 262 g/mol. The van der Waals surface area contributed by atoms with E-state index >= 15 is 0 Å². The van der Waals surface area contributed by atoms with Gasteiger partial charge in [0.05, 0.1) is 0 Å². The SMILES string of the molecule is CCS(=O)CCNCC(O)COc1cccc(C)c1. The van der Waals surface area contributed by atoms with E-state index in [1.165, 1.54) is 0 Å². The molecular formula is C14H23NO3S. The Hall–Kier alpha value is -0.910. The summed E-state index contributed by atoms with van der Waals surface area (Å²) in [5.74, 6) is 2.08. The third kappa shape index (κ3) is 7.30. The van der Waals surface area contributed by atoms with Crippen molar-refractivity contribution in [3.63, 3.8) is 0 Å². The van der Waals surface area contributed by atoms with E-state index < -0.39 is 16.9 Å². The predicted octanol–water partition coefficient (Wildman–Crippen LogP) is 1.09. The van der Waals surface area contributed by atoms with Crippen LogP contribution in [0.3, 0.4) is 0 Å². The Bertz CT molecular complexity index is 398. The highest BCUT2D eigenvalue weighted by Crippen LogP contribution is 2.12. The molecule has 0 saturated carbocycles. The van der Waals surface area contributed by atoms with E-state index in [-0.39, 0.29) is 6.61 Å². The molecule has 0 heterocycles. The lowest BCUT2D eigenvalue weighted by molar-refractivity contribution is 0.107. The summed E-state index contributed by atoms with van der Waals surface area (Å²) in [7, 11) is -0.753. The van der Waals surface area contributed by atoms with Crippen LogP contribution in [0.25, 0.3) is 0 Å². The highest BCUT2D eigenvalue weighted by atomic mass is 32.2. The van der Waals surface area contributed by atoms with E-state index in [0.717, 1.165) is 11.3 Å². The van der Waals surface area contributed by atoms with Crippen molar-refractivity contribution in [1.29, 1.82) is 0 Å². The number of benzene rings is 1. The zero-order chi connectivity index (χ0) is 14.1. The Morgan fingerprint density at radius 2 is 2.26 bits per heavy atom. The molecule has 0 radical (unpaired) electrons. The van der Waals surface area contributed by atoms with Gasteiger partial charge in [0.1, 0.15) is 18.5 Å². The molecule has 0 bridgehead atoms. The van der Waals surface area contributed by atoms with Gasteiger partial charge in [-0.15, -0.1) is 0 Å². The summed E-state index contributed by atoms with van der Waals surface area (Å²) in [4.78, 5) is 0. The highest BCUT2D eigenvalue weighted by Gasteiger charge is 2.05. The number of hydrogen-bond donors (Lipinski definition) is 2. The third-order valence-corrected chi connectivity index (χ3v) is 3.94. The van der Waals surface area contributed by atoms with Crippen LogP contribution < -0.4 is 10.1 Å². The van der Waals surface area contributed by atoms with Gasteiger partial charge in [-0.1, -0.05) is 19.1 Å². The molecule has 4 nitrogen and oxygen atoms in total. The maximum atomic E-state index is 11.2. The zero-order valence-electron chi connectivity index (χ0n) is 11.6. The Morgan fingerprint density at radius 3 is 2.95 bits per heavy atom. The summed E-state index contributed by atoms with van der Waals surface area (Å²) >= 11 is 0. The third-order valence-electron chi connectivity index (χ3n) is 2.64. The Kier molecular flexibility index (Phi) is 7.70. The highest BCUT2D eigenvalue weighted by molar-refractivity contribution is 7.84. The van der Waals surface area contributed by atoms with Crippen molar-refractivity contribution >= 4 is 10.8 Å². The van der Waals surface area contributed by atoms with Gasteiger partial charge in [-0.25, -0.2) is 0 Å². The van der Waals surface area contributed by atoms with Gasteiger partial charge in [0.25, 0.3) is 0 Å². The molecule has 0 spiro atoms.